The van der Waals surface area contributed by atoms with E-state index in [0.717, 1.165) is 16.7 Å². The van der Waals surface area contributed by atoms with Gasteiger partial charge in [0.1, 0.15) is 5.60 Å². The lowest BCUT2D eigenvalue weighted by Gasteiger charge is -2.56. The van der Waals surface area contributed by atoms with Gasteiger partial charge < -0.3 is 10.8 Å². The van der Waals surface area contributed by atoms with E-state index in [9.17, 15) is 36.6 Å². The van der Waals surface area contributed by atoms with Crippen LogP contribution in [0.15, 0.2) is 47.1 Å². The maximum absolute atomic E-state index is 15.0. The number of fused-ring (bicyclic) bond motifs is 4. The number of nitrogens with two attached hydrogens (primary N) is 1. The normalized spacial score (nSPS) is 34.6. The first-order valence-electron chi connectivity index (χ1n) is 12.2. The molecule has 5 atom stereocenters. The number of hydrogen-bond acceptors (Lipinski definition) is 3. The Bertz CT molecular complexity index is 1180. The third-order valence-corrected chi connectivity index (χ3v) is 9.36. The molecule has 1 amide bonds. The van der Waals surface area contributed by atoms with Crippen molar-refractivity contribution in [3.8, 4) is 0 Å². The summed E-state index contributed by atoms with van der Waals surface area (Å²) < 4.78 is 70.7. The number of amides is 1. The van der Waals surface area contributed by atoms with Gasteiger partial charge in [-0.2, -0.15) is 22.0 Å². The minimum absolute atomic E-state index is 0.0240. The maximum Gasteiger partial charge on any atom is 0.456 e. The zero-order valence-electron chi connectivity index (χ0n) is 19.8. The minimum Gasteiger partial charge on any atom is -0.383 e. The summed E-state index contributed by atoms with van der Waals surface area (Å²) in [4.78, 5) is 23.7. The van der Waals surface area contributed by atoms with Crippen molar-refractivity contribution in [1.29, 1.82) is 0 Å². The van der Waals surface area contributed by atoms with Crippen LogP contribution >= 0.6 is 0 Å². The van der Waals surface area contributed by atoms with Gasteiger partial charge in [-0.3, -0.25) is 9.59 Å². The average Bonchev–Trinajstić information content (AvgIpc) is 3.09. The van der Waals surface area contributed by atoms with Gasteiger partial charge in [0.15, 0.2) is 5.78 Å². The molecule has 9 heteroatoms. The second-order valence-corrected chi connectivity index (χ2v) is 11.0. The van der Waals surface area contributed by atoms with E-state index in [4.69, 9.17) is 5.73 Å². The van der Waals surface area contributed by atoms with Gasteiger partial charge in [0, 0.05) is 23.3 Å². The Balaban J connectivity index is 1.69. The summed E-state index contributed by atoms with van der Waals surface area (Å²) in [6.45, 7) is 1.38. The van der Waals surface area contributed by atoms with E-state index in [1.54, 1.807) is 18.2 Å². The van der Waals surface area contributed by atoms with Crippen LogP contribution in [0.1, 0.15) is 73.7 Å². The van der Waals surface area contributed by atoms with Crippen molar-refractivity contribution >= 4 is 11.7 Å². The molecule has 36 heavy (non-hydrogen) atoms. The third-order valence-electron chi connectivity index (χ3n) is 9.36. The van der Waals surface area contributed by atoms with Crippen molar-refractivity contribution in [3.05, 3.63) is 58.2 Å². The van der Waals surface area contributed by atoms with Gasteiger partial charge in [-0.25, -0.2) is 0 Å². The number of allylic oxidation sites excluding steroid dienone is 4. The zero-order valence-corrected chi connectivity index (χ0v) is 19.8. The van der Waals surface area contributed by atoms with Crippen LogP contribution in [-0.2, 0) is 4.79 Å². The van der Waals surface area contributed by atoms with Crippen LogP contribution in [0, 0.1) is 17.3 Å². The van der Waals surface area contributed by atoms with Gasteiger partial charge >= 0.3 is 12.1 Å². The molecular formula is C27H28F5NO3. The van der Waals surface area contributed by atoms with Crippen LogP contribution in [0.2, 0.25) is 0 Å². The van der Waals surface area contributed by atoms with Crippen molar-refractivity contribution in [2.45, 2.75) is 75.5 Å². The number of carbonyl (C=O) groups is 2. The van der Waals surface area contributed by atoms with E-state index in [-0.39, 0.29) is 30.1 Å². The topological polar surface area (TPSA) is 80.4 Å². The highest BCUT2D eigenvalue weighted by molar-refractivity contribution is 5.93. The van der Waals surface area contributed by atoms with Gasteiger partial charge in [-0.05, 0) is 85.3 Å². The van der Waals surface area contributed by atoms with Gasteiger partial charge in [-0.15, -0.1) is 0 Å². The molecule has 0 aliphatic heterocycles. The van der Waals surface area contributed by atoms with E-state index in [1.807, 2.05) is 0 Å². The third kappa shape index (κ3) is 3.34. The average molecular weight is 510 g/mol. The molecule has 4 aliphatic carbocycles. The number of aliphatic hydroxyl groups is 1. The lowest BCUT2D eigenvalue weighted by atomic mass is 9.50. The molecule has 0 aromatic heterocycles. The molecule has 0 bridgehead atoms. The number of primary amides is 1. The Labute approximate surface area is 205 Å². The van der Waals surface area contributed by atoms with Crippen molar-refractivity contribution in [2.24, 2.45) is 23.0 Å². The minimum atomic E-state index is -5.89. The van der Waals surface area contributed by atoms with Crippen molar-refractivity contribution in [2.75, 3.05) is 0 Å². The van der Waals surface area contributed by atoms with Gasteiger partial charge in [-0.1, -0.05) is 24.6 Å². The molecule has 0 saturated heterocycles. The van der Waals surface area contributed by atoms with Crippen LogP contribution in [0.4, 0.5) is 22.0 Å². The summed E-state index contributed by atoms with van der Waals surface area (Å²) in [5.74, 6) is -7.28. The number of rotatable bonds is 3. The smallest absolute Gasteiger partial charge is 0.383 e. The zero-order chi connectivity index (χ0) is 26.3. The summed E-state index contributed by atoms with van der Waals surface area (Å²) in [6.07, 6.45) is -3.06. The van der Waals surface area contributed by atoms with Gasteiger partial charge in [0.2, 0.25) is 5.91 Å². The fraction of sp³-hybridized carbons (Fsp3) is 0.556. The Morgan fingerprint density at radius 3 is 2.33 bits per heavy atom. The van der Waals surface area contributed by atoms with Crippen molar-refractivity contribution in [3.63, 3.8) is 0 Å². The van der Waals surface area contributed by atoms with E-state index < -0.39 is 47.3 Å². The van der Waals surface area contributed by atoms with E-state index in [2.05, 4.69) is 0 Å². The standard InChI is InChI=1S/C27H28F5NO3/c1-24-13-20(14-2-4-15(5-3-14)23(33)35)22-18-9-7-17(34)12-16(18)6-8-19(22)21(24)10-11-25(24,36)26(28,29)27(30,31)32/h2-5,12,19-21,36H,6-11,13H2,1H3,(H2,33,35)/t19-,20+,21-,24-,25-/m0/s1. The van der Waals surface area contributed by atoms with Crippen LogP contribution in [0.5, 0.6) is 0 Å². The highest BCUT2D eigenvalue weighted by atomic mass is 19.4. The largest absolute Gasteiger partial charge is 0.456 e. The molecule has 0 unspecified atom stereocenters. The van der Waals surface area contributed by atoms with Crippen molar-refractivity contribution in [1.82, 2.24) is 0 Å². The maximum atomic E-state index is 15.0. The predicted molar refractivity (Wildman–Crippen MR) is 121 cm³/mol. The molecule has 194 valence electrons. The number of hydrogen-bond donors (Lipinski definition) is 2. The lowest BCUT2D eigenvalue weighted by molar-refractivity contribution is -0.362. The van der Waals surface area contributed by atoms with Crippen LogP contribution in [-0.4, -0.2) is 34.5 Å². The lowest BCUT2D eigenvalue weighted by Crippen LogP contribution is -2.65. The predicted octanol–water partition coefficient (Wildman–Crippen LogP) is 5.61. The molecule has 2 saturated carbocycles. The Morgan fingerprint density at radius 1 is 1.06 bits per heavy atom. The number of benzene rings is 1. The number of alkyl halides is 5. The second-order valence-electron chi connectivity index (χ2n) is 11.0. The van der Waals surface area contributed by atoms with E-state index >= 15 is 0 Å². The number of ketones is 1. The van der Waals surface area contributed by atoms with E-state index in [0.29, 0.717) is 31.2 Å². The quantitative estimate of drug-likeness (QED) is 0.520. The molecule has 1 aromatic carbocycles. The van der Waals surface area contributed by atoms with E-state index in [1.165, 1.54) is 19.1 Å². The molecule has 1 aromatic rings. The molecule has 0 spiro atoms. The SMILES string of the molecule is C[C@]12C[C@H](c3ccc(C(N)=O)cc3)C3=C4CCC(=O)C=C4CC[C@H]3[C@@H]1CC[C@@]2(O)C(F)(F)C(F)(F)F. The monoisotopic (exact) mass is 509 g/mol. The van der Waals surface area contributed by atoms with Crippen molar-refractivity contribution < 1.29 is 36.6 Å². The van der Waals surface area contributed by atoms with Gasteiger partial charge in [0.05, 0.1) is 0 Å². The first-order chi connectivity index (χ1) is 16.7. The van der Waals surface area contributed by atoms with Crippen LogP contribution < -0.4 is 5.73 Å². The van der Waals surface area contributed by atoms with Crippen LogP contribution in [0.3, 0.4) is 0 Å². The highest BCUT2D eigenvalue weighted by Gasteiger charge is 2.79. The molecule has 0 heterocycles. The summed E-state index contributed by atoms with van der Waals surface area (Å²) >= 11 is 0. The Kier molecular flexibility index (Phi) is 5.56. The summed E-state index contributed by atoms with van der Waals surface area (Å²) in [6, 6.07) is 6.34. The summed E-state index contributed by atoms with van der Waals surface area (Å²) in [5, 5.41) is 11.2. The molecule has 4 aliphatic rings. The molecule has 5 rings (SSSR count). The summed E-state index contributed by atoms with van der Waals surface area (Å²) in [7, 11) is 0. The fourth-order valence-electron chi connectivity index (χ4n) is 7.59. The summed E-state index contributed by atoms with van der Waals surface area (Å²) in [5.41, 5.74) is 4.20. The molecule has 2 fully saturated rings. The molecule has 3 N–H and O–H groups in total. The molecule has 4 nitrogen and oxygen atoms in total. The Morgan fingerprint density at radius 2 is 1.72 bits per heavy atom. The highest BCUT2D eigenvalue weighted by Crippen LogP contribution is 2.70. The fourth-order valence-corrected chi connectivity index (χ4v) is 7.59. The number of carbonyl (C=O) groups excluding carboxylic acids is 2. The Hall–Kier alpha value is -2.55. The van der Waals surface area contributed by atoms with Gasteiger partial charge in [0.25, 0.3) is 0 Å². The first kappa shape index (κ1) is 25.1. The second kappa shape index (κ2) is 7.97. The molecule has 0 radical (unpaired) electrons. The molecular weight excluding hydrogens is 481 g/mol. The number of halogens is 5. The first-order valence-corrected chi connectivity index (χ1v) is 12.2. The van der Waals surface area contributed by atoms with Crippen LogP contribution in [0.25, 0.3) is 0 Å².